The van der Waals surface area contributed by atoms with E-state index < -0.39 is 22.9 Å². The van der Waals surface area contributed by atoms with Gasteiger partial charge in [0.25, 0.3) is 5.69 Å². The van der Waals surface area contributed by atoms with Crippen LogP contribution in [-0.2, 0) is 27.4 Å². The number of esters is 1. The van der Waals surface area contributed by atoms with Crippen molar-refractivity contribution < 1.29 is 24.4 Å². The van der Waals surface area contributed by atoms with Crippen LogP contribution in [0.4, 0.5) is 5.69 Å². The summed E-state index contributed by atoms with van der Waals surface area (Å²) in [6, 6.07) is 11.3. The minimum Gasteiger partial charge on any atom is -0.456 e. The fourth-order valence-corrected chi connectivity index (χ4v) is 6.26. The quantitative estimate of drug-likeness (QED) is 0.196. The highest BCUT2D eigenvalue weighted by Gasteiger charge is 2.60. The van der Waals surface area contributed by atoms with Gasteiger partial charge in [-0.15, -0.1) is 11.8 Å². The van der Waals surface area contributed by atoms with Gasteiger partial charge in [-0.1, -0.05) is 13.0 Å². The molecule has 37 heavy (non-hydrogen) atoms. The Morgan fingerprint density at radius 1 is 1.27 bits per heavy atom. The minimum atomic E-state index is -0.823. The van der Waals surface area contributed by atoms with E-state index in [4.69, 9.17) is 4.74 Å². The number of non-ortho nitro benzene ring substituents is 1. The lowest BCUT2D eigenvalue weighted by molar-refractivity contribution is -0.384. The number of pyridine rings is 1. The number of nitrogens with zero attached hydrogens (tertiary/aromatic N) is 4. The van der Waals surface area contributed by atoms with Crippen LogP contribution in [0.3, 0.4) is 0 Å². The van der Waals surface area contributed by atoms with E-state index in [9.17, 15) is 24.8 Å². The van der Waals surface area contributed by atoms with Gasteiger partial charge < -0.3 is 19.1 Å². The maximum Gasteiger partial charge on any atom is 0.356 e. The molecular formula is C26H26N4O6S. The molecular weight excluding hydrogens is 496 g/mol. The Morgan fingerprint density at radius 2 is 2.03 bits per heavy atom. The van der Waals surface area contributed by atoms with Crippen LogP contribution < -0.4 is 0 Å². The molecule has 2 aliphatic heterocycles. The van der Waals surface area contributed by atoms with Crippen LogP contribution in [0.15, 0.2) is 65.5 Å². The molecule has 0 spiro atoms. The smallest absolute Gasteiger partial charge is 0.356 e. The van der Waals surface area contributed by atoms with Crippen LogP contribution in [0, 0.1) is 22.0 Å². The molecule has 1 amide bonds. The third-order valence-corrected chi connectivity index (χ3v) is 8.13. The lowest BCUT2D eigenvalue weighted by atomic mass is 9.79. The zero-order chi connectivity index (χ0) is 26.3. The van der Waals surface area contributed by atoms with Gasteiger partial charge >= 0.3 is 5.97 Å². The summed E-state index contributed by atoms with van der Waals surface area (Å²) in [4.78, 5) is 43.4. The molecule has 1 fully saturated rings. The number of aliphatic hydroxyl groups excluding tert-OH is 1. The Morgan fingerprint density at radius 3 is 2.70 bits per heavy atom. The number of ether oxygens (including phenoxy) is 1. The van der Waals surface area contributed by atoms with E-state index in [-0.39, 0.29) is 35.9 Å². The predicted octanol–water partition coefficient (Wildman–Crippen LogP) is 3.33. The Bertz CT molecular complexity index is 1370. The monoisotopic (exact) mass is 522 g/mol. The number of aromatic nitrogens is 2. The van der Waals surface area contributed by atoms with Crippen LogP contribution >= 0.6 is 11.8 Å². The third kappa shape index (κ3) is 4.60. The number of fused-ring (bicyclic) bond motifs is 2. The number of aliphatic hydroxyl groups is 1. The maximum absolute atomic E-state index is 13.2. The molecule has 2 aromatic heterocycles. The van der Waals surface area contributed by atoms with Crippen LogP contribution in [0.1, 0.15) is 25.1 Å². The average Bonchev–Trinajstić information content (AvgIpc) is 3.39. The second-order valence-corrected chi connectivity index (χ2v) is 10.4. The summed E-state index contributed by atoms with van der Waals surface area (Å²) < 4.78 is 7.49. The minimum absolute atomic E-state index is 0.0510. The summed E-state index contributed by atoms with van der Waals surface area (Å²) in [5.41, 5.74) is 2.56. The number of amides is 1. The number of hydrogen-bond donors (Lipinski definition) is 1. The summed E-state index contributed by atoms with van der Waals surface area (Å²) in [6.07, 6.45) is 3.76. The van der Waals surface area contributed by atoms with Crippen LogP contribution in [0.25, 0.3) is 5.65 Å². The lowest BCUT2D eigenvalue weighted by Gasteiger charge is -2.46. The molecule has 1 saturated heterocycles. The van der Waals surface area contributed by atoms with Crippen molar-refractivity contribution in [2.24, 2.45) is 11.8 Å². The van der Waals surface area contributed by atoms with Crippen molar-refractivity contribution in [1.29, 1.82) is 0 Å². The van der Waals surface area contributed by atoms with E-state index in [1.165, 1.54) is 40.9 Å². The molecule has 3 aromatic rings. The molecule has 0 bridgehead atoms. The van der Waals surface area contributed by atoms with Crippen LogP contribution in [-0.4, -0.2) is 54.1 Å². The maximum atomic E-state index is 13.2. The van der Waals surface area contributed by atoms with Gasteiger partial charge in [-0.25, -0.2) is 9.78 Å². The fraction of sp³-hybridized carbons (Fsp3) is 0.346. The molecule has 5 rings (SSSR count). The Labute approximate surface area is 217 Å². The zero-order valence-corrected chi connectivity index (χ0v) is 21.1. The lowest BCUT2D eigenvalue weighted by Crippen LogP contribution is -2.63. The fourth-order valence-electron chi connectivity index (χ4n) is 5.01. The number of hydrogen-bond acceptors (Lipinski definition) is 8. The number of aryl methyl sites for hydroxylation is 1. The van der Waals surface area contributed by atoms with E-state index in [1.54, 1.807) is 6.92 Å². The number of carbonyl (C=O) groups excluding carboxylic acids is 2. The molecule has 1 N–H and O–H groups in total. The van der Waals surface area contributed by atoms with E-state index in [1.807, 2.05) is 41.9 Å². The Kier molecular flexibility index (Phi) is 6.74. The highest BCUT2D eigenvalue weighted by atomic mass is 32.2. The number of rotatable bonds is 9. The highest BCUT2D eigenvalue weighted by Crippen LogP contribution is 2.50. The predicted molar refractivity (Wildman–Crippen MR) is 136 cm³/mol. The summed E-state index contributed by atoms with van der Waals surface area (Å²) in [6.45, 7) is 3.47. The van der Waals surface area contributed by atoms with Crippen molar-refractivity contribution in [3.05, 3.63) is 86.8 Å². The van der Waals surface area contributed by atoms with E-state index >= 15 is 0 Å². The van der Waals surface area contributed by atoms with Gasteiger partial charge in [0.1, 0.15) is 18.0 Å². The highest BCUT2D eigenvalue weighted by molar-refractivity contribution is 8.03. The molecule has 192 valence electrons. The van der Waals surface area contributed by atoms with Gasteiger partial charge in [-0.2, -0.15) is 0 Å². The molecule has 0 unspecified atom stereocenters. The average molecular weight is 523 g/mol. The van der Waals surface area contributed by atoms with Crippen LogP contribution in [0.5, 0.6) is 0 Å². The molecule has 2 aliphatic rings. The van der Waals surface area contributed by atoms with Gasteiger partial charge in [0, 0.05) is 47.5 Å². The first-order chi connectivity index (χ1) is 17.8. The first-order valence-corrected chi connectivity index (χ1v) is 13.0. The molecule has 11 heteroatoms. The molecule has 4 heterocycles. The number of nitro groups is 1. The van der Waals surface area contributed by atoms with Crippen molar-refractivity contribution in [3.63, 3.8) is 0 Å². The largest absolute Gasteiger partial charge is 0.456 e. The van der Waals surface area contributed by atoms with Crippen molar-refractivity contribution in [3.8, 4) is 0 Å². The normalized spacial score (nSPS) is 21.6. The van der Waals surface area contributed by atoms with Gasteiger partial charge in [-0.05, 0) is 36.8 Å². The molecule has 1 aromatic carbocycles. The van der Waals surface area contributed by atoms with Gasteiger partial charge in [0.05, 0.1) is 28.7 Å². The number of thioether (sulfide) groups is 1. The van der Waals surface area contributed by atoms with Gasteiger partial charge in [-0.3, -0.25) is 14.9 Å². The van der Waals surface area contributed by atoms with Crippen molar-refractivity contribution in [2.45, 2.75) is 39.0 Å². The summed E-state index contributed by atoms with van der Waals surface area (Å²) in [7, 11) is 0. The van der Waals surface area contributed by atoms with Gasteiger partial charge in [0.15, 0.2) is 0 Å². The molecule has 0 aliphatic carbocycles. The second kappa shape index (κ2) is 9.98. The van der Waals surface area contributed by atoms with Crippen molar-refractivity contribution in [2.75, 3.05) is 5.75 Å². The number of imidazole rings is 1. The topological polar surface area (TPSA) is 127 Å². The van der Waals surface area contributed by atoms with Crippen molar-refractivity contribution >= 4 is 35.0 Å². The Hall–Kier alpha value is -3.70. The molecule has 0 saturated carbocycles. The summed E-state index contributed by atoms with van der Waals surface area (Å²) in [5.74, 6) is -0.962. The number of carbonyl (C=O) groups is 2. The first-order valence-electron chi connectivity index (χ1n) is 12.0. The second-order valence-electron chi connectivity index (χ2n) is 9.26. The van der Waals surface area contributed by atoms with Crippen LogP contribution in [0.2, 0.25) is 0 Å². The van der Waals surface area contributed by atoms with E-state index in [0.717, 1.165) is 16.2 Å². The standard InChI is InChI=1S/C26H26N4O6S/c1-15-22-21(16(2)31)25(32)29(22)23(26(33)36-14-17-6-8-19(9-7-17)30(34)35)24(15)37-12-10-18-13-28-11-4-3-5-20(28)27-18/h3-9,11,13,15-16,21-22,31H,10,12,14H2,1-2H3/t15-,16-,21-,22-/m1/s1. The van der Waals surface area contributed by atoms with Gasteiger partial charge in [0.2, 0.25) is 5.91 Å². The Balaban J connectivity index is 1.33. The molecule has 10 nitrogen and oxygen atoms in total. The molecule has 0 radical (unpaired) electrons. The molecule has 4 atom stereocenters. The number of nitro benzene ring substituents is 1. The number of benzene rings is 1. The number of β-lactam (4-membered cyclic amide) rings is 1. The first kappa shape index (κ1) is 25.0. The SMILES string of the molecule is C[C@@H](O)[C@H]1C(=O)N2C(C(=O)OCc3ccc([N+](=O)[O-])cc3)=C(SCCc3cn4ccccc4n3)[C@H](C)[C@H]12. The van der Waals surface area contributed by atoms with Crippen molar-refractivity contribution in [1.82, 2.24) is 14.3 Å². The van der Waals surface area contributed by atoms with E-state index in [2.05, 4.69) is 4.98 Å². The van der Waals surface area contributed by atoms with E-state index in [0.29, 0.717) is 17.7 Å². The third-order valence-electron chi connectivity index (χ3n) is 6.85. The summed E-state index contributed by atoms with van der Waals surface area (Å²) >= 11 is 1.50. The summed E-state index contributed by atoms with van der Waals surface area (Å²) in [5, 5.41) is 21.0. The zero-order valence-electron chi connectivity index (χ0n) is 20.3.